The fourth-order valence-corrected chi connectivity index (χ4v) is 2.32. The van der Waals surface area contributed by atoms with Crippen molar-refractivity contribution in [2.75, 3.05) is 13.2 Å². The molecule has 1 fully saturated rings. The summed E-state index contributed by atoms with van der Waals surface area (Å²) in [5, 5.41) is -1.23. The van der Waals surface area contributed by atoms with Gasteiger partial charge in [0.25, 0.3) is 0 Å². The molecule has 1 heterocycles. The van der Waals surface area contributed by atoms with Gasteiger partial charge in [0.05, 0.1) is 13.2 Å². The Kier molecular flexibility index (Phi) is 2.83. The molecule has 0 radical (unpaired) electrons. The van der Waals surface area contributed by atoms with Crippen LogP contribution in [0.5, 0.6) is 0 Å². The molecule has 4 N–H and O–H groups in total. The number of nitrogens with two attached hydrogens (primary N) is 2. The number of ketones is 1. The Morgan fingerprint density at radius 2 is 2.00 bits per heavy atom. The molecule has 1 aliphatic carbocycles. The van der Waals surface area contributed by atoms with Crippen LogP contribution in [0.25, 0.3) is 0 Å². The van der Waals surface area contributed by atoms with Crippen molar-refractivity contribution in [3.05, 3.63) is 10.7 Å². The Bertz CT molecular complexity index is 397. The van der Waals surface area contributed by atoms with Crippen LogP contribution in [0.1, 0.15) is 0 Å². The van der Waals surface area contributed by atoms with Gasteiger partial charge in [0.2, 0.25) is 5.79 Å². The number of carbonyl (C=O) groups excluding carboxylic acids is 1. The lowest BCUT2D eigenvalue weighted by molar-refractivity contribution is -0.137. The summed E-state index contributed by atoms with van der Waals surface area (Å²) in [6.45, 7) is 0.592. The van der Waals surface area contributed by atoms with Crippen molar-refractivity contribution in [3.8, 4) is 0 Å². The van der Waals surface area contributed by atoms with Gasteiger partial charge in [0.1, 0.15) is 10.7 Å². The van der Waals surface area contributed by atoms with Crippen LogP contribution in [0, 0.1) is 0 Å². The van der Waals surface area contributed by atoms with Crippen LogP contribution in [0.2, 0.25) is 0 Å². The van der Waals surface area contributed by atoms with Crippen molar-refractivity contribution in [3.63, 3.8) is 0 Å². The van der Waals surface area contributed by atoms with Crippen molar-refractivity contribution in [1.29, 1.82) is 0 Å². The van der Waals surface area contributed by atoms with E-state index in [4.69, 9.17) is 44.1 Å². The van der Waals surface area contributed by atoms with Crippen molar-refractivity contribution in [1.82, 2.24) is 0 Å². The first-order chi connectivity index (χ1) is 7.49. The molecule has 1 unspecified atom stereocenters. The minimum Gasteiger partial charge on any atom is -0.370 e. The Balaban J connectivity index is 2.51. The predicted molar refractivity (Wildman–Crippen MR) is 58.0 cm³/mol. The molecule has 0 amide bonds. The van der Waals surface area contributed by atoms with E-state index in [2.05, 4.69) is 4.99 Å². The number of Topliss-reactive ketones (excluding diaryl/α,β-unsaturated/α-hetero) is 1. The summed E-state index contributed by atoms with van der Waals surface area (Å²) in [7, 11) is 0. The van der Waals surface area contributed by atoms with Gasteiger partial charge in [-0.2, -0.15) is 0 Å². The van der Waals surface area contributed by atoms with Crippen molar-refractivity contribution in [2.24, 2.45) is 16.5 Å². The number of hydrogen-bond acceptors (Lipinski definition) is 4. The molecule has 0 aromatic heterocycles. The van der Waals surface area contributed by atoms with Crippen LogP contribution in [-0.4, -0.2) is 36.1 Å². The van der Waals surface area contributed by atoms with Crippen molar-refractivity contribution < 1.29 is 14.3 Å². The third-order valence-electron chi connectivity index (χ3n) is 2.28. The average molecular weight is 266 g/mol. The molecule has 88 valence electrons. The molecule has 1 saturated heterocycles. The maximum Gasteiger partial charge on any atom is 0.238 e. The van der Waals surface area contributed by atoms with Crippen LogP contribution in [0.4, 0.5) is 0 Å². The first-order valence-electron chi connectivity index (χ1n) is 4.45. The van der Waals surface area contributed by atoms with Crippen LogP contribution in [0.15, 0.2) is 15.7 Å². The van der Waals surface area contributed by atoms with Crippen molar-refractivity contribution >= 4 is 34.9 Å². The maximum atomic E-state index is 11.6. The summed E-state index contributed by atoms with van der Waals surface area (Å²) in [4.78, 5) is 15.4. The third-order valence-corrected chi connectivity index (χ3v) is 3.13. The summed E-state index contributed by atoms with van der Waals surface area (Å²) in [6, 6.07) is 0. The monoisotopic (exact) mass is 265 g/mol. The van der Waals surface area contributed by atoms with Gasteiger partial charge in [0.15, 0.2) is 17.1 Å². The Labute approximate surface area is 101 Å². The molecule has 16 heavy (non-hydrogen) atoms. The molecule has 0 aromatic rings. The van der Waals surface area contributed by atoms with E-state index in [0.29, 0.717) is 13.2 Å². The van der Waals surface area contributed by atoms with Crippen molar-refractivity contribution in [2.45, 2.75) is 11.2 Å². The van der Waals surface area contributed by atoms with E-state index in [1.807, 2.05) is 0 Å². The minimum absolute atomic E-state index is 0.0386. The summed E-state index contributed by atoms with van der Waals surface area (Å²) in [5.74, 6) is -2.20. The van der Waals surface area contributed by atoms with Crippen LogP contribution < -0.4 is 11.5 Å². The second-order valence-electron chi connectivity index (χ2n) is 3.29. The molecule has 1 atom stereocenters. The van der Waals surface area contributed by atoms with Crippen LogP contribution >= 0.6 is 23.2 Å². The van der Waals surface area contributed by atoms with Crippen LogP contribution in [0.3, 0.4) is 0 Å². The highest BCUT2D eigenvalue weighted by Crippen LogP contribution is 2.44. The molecular formula is C8H9Cl2N3O3. The summed E-state index contributed by atoms with van der Waals surface area (Å²) in [5.41, 5.74) is 10.5. The van der Waals surface area contributed by atoms with E-state index in [1.54, 1.807) is 0 Å². The largest absolute Gasteiger partial charge is 0.370 e. The number of ether oxygens (including phenoxy) is 2. The molecular weight excluding hydrogens is 257 g/mol. The second-order valence-corrected chi connectivity index (χ2v) is 4.10. The van der Waals surface area contributed by atoms with E-state index in [0.717, 1.165) is 0 Å². The van der Waals surface area contributed by atoms with Gasteiger partial charge in [-0.1, -0.05) is 11.6 Å². The maximum absolute atomic E-state index is 11.6. The number of alkyl halides is 1. The number of guanidine groups is 1. The topological polar surface area (TPSA) is 99.9 Å². The molecule has 1 aliphatic heterocycles. The number of hydrogen-bond donors (Lipinski definition) is 2. The Morgan fingerprint density at radius 1 is 1.44 bits per heavy atom. The van der Waals surface area contributed by atoms with E-state index in [1.165, 1.54) is 0 Å². The molecule has 8 heteroatoms. The van der Waals surface area contributed by atoms with Gasteiger partial charge in [-0.05, 0) is 0 Å². The third kappa shape index (κ3) is 1.49. The lowest BCUT2D eigenvalue weighted by atomic mass is 10.2. The molecule has 1 spiro atoms. The quantitative estimate of drug-likeness (QED) is 0.383. The first kappa shape index (κ1) is 11.7. The van der Waals surface area contributed by atoms with E-state index >= 15 is 0 Å². The van der Waals surface area contributed by atoms with E-state index in [9.17, 15) is 4.79 Å². The fraction of sp³-hybridized carbons (Fsp3) is 0.500. The molecule has 2 aliphatic rings. The van der Waals surface area contributed by atoms with Gasteiger partial charge in [0, 0.05) is 0 Å². The number of halogens is 2. The highest BCUT2D eigenvalue weighted by molar-refractivity contribution is 6.50. The summed E-state index contributed by atoms with van der Waals surface area (Å²) in [6.07, 6.45) is 0. The van der Waals surface area contributed by atoms with Gasteiger partial charge in [-0.15, -0.1) is 11.6 Å². The average Bonchev–Trinajstić information content (AvgIpc) is 2.77. The zero-order chi connectivity index (χ0) is 11.9. The van der Waals surface area contributed by atoms with Gasteiger partial charge in [-0.3, -0.25) is 4.79 Å². The Morgan fingerprint density at radius 3 is 2.50 bits per heavy atom. The van der Waals surface area contributed by atoms with Gasteiger partial charge in [-0.25, -0.2) is 4.99 Å². The lowest BCUT2D eigenvalue weighted by Crippen LogP contribution is -2.41. The zero-order valence-corrected chi connectivity index (χ0v) is 9.59. The smallest absolute Gasteiger partial charge is 0.238 e. The van der Waals surface area contributed by atoms with Crippen LogP contribution in [-0.2, 0) is 14.3 Å². The fourth-order valence-electron chi connectivity index (χ4n) is 1.64. The van der Waals surface area contributed by atoms with E-state index < -0.39 is 16.9 Å². The molecule has 0 aromatic carbocycles. The molecule has 0 saturated carbocycles. The number of aliphatic imine (C=N–C) groups is 1. The molecule has 0 bridgehead atoms. The molecule has 6 nitrogen and oxygen atoms in total. The predicted octanol–water partition coefficient (Wildman–Crippen LogP) is -0.357. The number of carbonyl (C=O) groups is 1. The first-order valence-corrected chi connectivity index (χ1v) is 5.26. The number of nitrogens with zero attached hydrogens (tertiary/aromatic N) is 1. The zero-order valence-electron chi connectivity index (χ0n) is 8.07. The number of rotatable bonds is 1. The minimum atomic E-state index is -1.44. The second kappa shape index (κ2) is 3.89. The lowest BCUT2D eigenvalue weighted by Gasteiger charge is -2.25. The summed E-state index contributed by atoms with van der Waals surface area (Å²) < 4.78 is 10.7. The number of allylic oxidation sites excluding steroid dienone is 1. The highest BCUT2D eigenvalue weighted by Gasteiger charge is 2.58. The highest BCUT2D eigenvalue weighted by atomic mass is 35.5. The van der Waals surface area contributed by atoms with Gasteiger partial charge >= 0.3 is 0 Å². The Hall–Kier alpha value is -0.820. The standard InChI is InChI=1S/C8H9Cl2N3O3/c9-3-4(14)5(10)8(15-1-2-16-8)6(3)13-7(11)12/h5H,1-2H2,(H4,11,12,13). The molecule has 2 rings (SSSR count). The normalized spacial score (nSPS) is 27.9. The van der Waals surface area contributed by atoms with E-state index in [-0.39, 0.29) is 16.7 Å². The SMILES string of the molecule is NC(N)=NC1=C(Cl)C(=O)C(Cl)C12OCCO2. The summed E-state index contributed by atoms with van der Waals surface area (Å²) >= 11 is 11.7. The van der Waals surface area contributed by atoms with Gasteiger partial charge < -0.3 is 20.9 Å².